The summed E-state index contributed by atoms with van der Waals surface area (Å²) < 4.78 is 5.35. The maximum atomic E-state index is 12.1. The lowest BCUT2D eigenvalue weighted by Crippen LogP contribution is -2.37. The van der Waals surface area contributed by atoms with Crippen molar-refractivity contribution >= 4 is 6.03 Å². The summed E-state index contributed by atoms with van der Waals surface area (Å²) >= 11 is 0. The Morgan fingerprint density at radius 1 is 1.16 bits per heavy atom. The number of benzene rings is 2. The predicted molar refractivity (Wildman–Crippen MR) is 98.9 cm³/mol. The molecule has 0 saturated carbocycles. The summed E-state index contributed by atoms with van der Waals surface area (Å²) in [5.41, 5.74) is 3.15. The Labute approximate surface area is 149 Å². The maximum Gasteiger partial charge on any atom is 0.315 e. The molecule has 0 radical (unpaired) electrons. The molecule has 1 atom stereocenters. The zero-order valence-electron chi connectivity index (χ0n) is 14.8. The van der Waals surface area contributed by atoms with Crippen molar-refractivity contribution in [1.29, 1.82) is 0 Å². The molecule has 5 nitrogen and oxygen atoms in total. The molecule has 2 amide bonds. The molecule has 0 heterocycles. The first-order valence-electron chi connectivity index (χ1n) is 8.45. The Morgan fingerprint density at radius 3 is 2.60 bits per heavy atom. The number of urea groups is 1. The lowest BCUT2D eigenvalue weighted by Gasteiger charge is -2.17. The van der Waals surface area contributed by atoms with Crippen LogP contribution in [0.4, 0.5) is 4.79 Å². The molecule has 5 heteroatoms. The Balaban J connectivity index is 1.87. The normalized spacial score (nSPS) is 11.6. The molecule has 0 spiro atoms. The molecule has 0 aliphatic heterocycles. The van der Waals surface area contributed by atoms with Gasteiger partial charge in [-0.3, -0.25) is 0 Å². The number of carbonyl (C=O) groups excluding carboxylic acids is 1. The van der Waals surface area contributed by atoms with Crippen molar-refractivity contribution in [1.82, 2.24) is 10.6 Å². The Bertz CT molecular complexity index is 674. The van der Waals surface area contributed by atoms with E-state index in [0.29, 0.717) is 19.5 Å². The van der Waals surface area contributed by atoms with Gasteiger partial charge in [0.15, 0.2) is 0 Å². The van der Waals surface area contributed by atoms with Gasteiger partial charge in [-0.15, -0.1) is 0 Å². The first-order chi connectivity index (χ1) is 12.1. The highest BCUT2D eigenvalue weighted by Gasteiger charge is 2.12. The van der Waals surface area contributed by atoms with Gasteiger partial charge in [-0.2, -0.15) is 0 Å². The van der Waals surface area contributed by atoms with Gasteiger partial charge in [0.2, 0.25) is 0 Å². The van der Waals surface area contributed by atoms with E-state index in [1.54, 1.807) is 7.11 Å². The fraction of sp³-hybridized carbons (Fsp3) is 0.350. The fourth-order valence-electron chi connectivity index (χ4n) is 2.72. The van der Waals surface area contributed by atoms with Crippen LogP contribution in [0.3, 0.4) is 0 Å². The van der Waals surface area contributed by atoms with Crippen LogP contribution in [0.1, 0.15) is 29.0 Å². The number of carbonyl (C=O) groups is 1. The number of hydrogen-bond acceptors (Lipinski definition) is 3. The van der Waals surface area contributed by atoms with Crippen molar-refractivity contribution in [2.24, 2.45) is 0 Å². The third-order valence-corrected chi connectivity index (χ3v) is 4.14. The van der Waals surface area contributed by atoms with Crippen molar-refractivity contribution in [2.45, 2.75) is 25.8 Å². The Hall–Kier alpha value is -2.53. The molecule has 25 heavy (non-hydrogen) atoms. The summed E-state index contributed by atoms with van der Waals surface area (Å²) in [5.74, 6) is 0.855. The summed E-state index contributed by atoms with van der Waals surface area (Å²) in [5, 5.41) is 15.0. The average Bonchev–Trinajstić information content (AvgIpc) is 2.64. The molecule has 1 unspecified atom stereocenters. The topological polar surface area (TPSA) is 70.6 Å². The third-order valence-electron chi connectivity index (χ3n) is 4.14. The fourth-order valence-corrected chi connectivity index (χ4v) is 2.72. The quantitative estimate of drug-likeness (QED) is 0.691. The molecule has 2 aromatic carbocycles. The summed E-state index contributed by atoms with van der Waals surface area (Å²) in [6.07, 6.45) is 0.607. The van der Waals surface area contributed by atoms with Crippen LogP contribution >= 0.6 is 0 Å². The zero-order valence-corrected chi connectivity index (χ0v) is 14.8. The van der Waals surface area contributed by atoms with Crippen molar-refractivity contribution in [3.63, 3.8) is 0 Å². The van der Waals surface area contributed by atoms with E-state index in [-0.39, 0.29) is 18.6 Å². The summed E-state index contributed by atoms with van der Waals surface area (Å²) in [6, 6.07) is 15.6. The number of rotatable bonds is 8. The van der Waals surface area contributed by atoms with Gasteiger partial charge in [0.25, 0.3) is 0 Å². The van der Waals surface area contributed by atoms with Crippen molar-refractivity contribution < 1.29 is 14.6 Å². The summed E-state index contributed by atoms with van der Waals surface area (Å²) in [7, 11) is 1.62. The lowest BCUT2D eigenvalue weighted by molar-refractivity contribution is 0.237. The van der Waals surface area contributed by atoms with Gasteiger partial charge in [-0.1, -0.05) is 42.5 Å². The molecule has 2 rings (SSSR count). The largest absolute Gasteiger partial charge is 0.496 e. The molecule has 0 saturated heterocycles. The van der Waals surface area contributed by atoms with Crippen molar-refractivity contribution in [3.05, 3.63) is 65.2 Å². The molecule has 134 valence electrons. The van der Waals surface area contributed by atoms with E-state index in [4.69, 9.17) is 4.74 Å². The van der Waals surface area contributed by atoms with Crippen LogP contribution in [0.5, 0.6) is 5.75 Å². The first-order valence-corrected chi connectivity index (χ1v) is 8.45. The predicted octanol–water partition coefficient (Wildman–Crippen LogP) is 2.97. The minimum absolute atomic E-state index is 0.0867. The smallest absolute Gasteiger partial charge is 0.315 e. The third kappa shape index (κ3) is 5.80. The summed E-state index contributed by atoms with van der Waals surface area (Å²) in [6.45, 7) is 2.95. The molecule has 0 aliphatic rings. The Morgan fingerprint density at radius 2 is 1.92 bits per heavy atom. The highest BCUT2D eigenvalue weighted by atomic mass is 16.5. The minimum atomic E-state index is -0.235. The van der Waals surface area contributed by atoms with Crippen molar-refractivity contribution in [3.8, 4) is 5.75 Å². The van der Waals surface area contributed by atoms with Crippen LogP contribution in [-0.2, 0) is 6.54 Å². The average molecular weight is 342 g/mol. The van der Waals surface area contributed by atoms with Gasteiger partial charge in [-0.05, 0) is 30.5 Å². The van der Waals surface area contributed by atoms with Crippen LogP contribution in [0.2, 0.25) is 0 Å². The molecule has 0 bridgehead atoms. The van der Waals surface area contributed by atoms with Crippen LogP contribution in [0.15, 0.2) is 48.5 Å². The van der Waals surface area contributed by atoms with E-state index >= 15 is 0 Å². The number of hydrogen-bond donors (Lipinski definition) is 3. The second-order valence-corrected chi connectivity index (χ2v) is 6.00. The second kappa shape index (κ2) is 9.69. The first kappa shape index (κ1) is 18.8. The lowest BCUT2D eigenvalue weighted by atomic mass is 9.96. The van der Waals surface area contributed by atoms with E-state index in [1.807, 2.05) is 55.5 Å². The number of methoxy groups -OCH3 is 1. The summed E-state index contributed by atoms with van der Waals surface area (Å²) in [4.78, 5) is 12.1. The van der Waals surface area contributed by atoms with E-state index in [1.165, 1.54) is 0 Å². The van der Waals surface area contributed by atoms with Gasteiger partial charge in [-0.25, -0.2) is 4.79 Å². The van der Waals surface area contributed by atoms with Gasteiger partial charge in [0, 0.05) is 31.2 Å². The van der Waals surface area contributed by atoms with Gasteiger partial charge in [0.1, 0.15) is 5.75 Å². The standard InChI is InChI=1S/C20H26N2O3/c1-15-8-9-18(19(12-15)25-2)14-22-20(24)21-13-17(10-11-23)16-6-4-3-5-7-16/h3-9,12,17,23H,10-11,13-14H2,1-2H3,(H2,21,22,24). The number of aryl methyl sites for hydroxylation is 1. The molecular weight excluding hydrogens is 316 g/mol. The highest BCUT2D eigenvalue weighted by molar-refractivity contribution is 5.74. The number of amides is 2. The molecule has 3 N–H and O–H groups in total. The molecule has 0 aromatic heterocycles. The second-order valence-electron chi connectivity index (χ2n) is 6.00. The highest BCUT2D eigenvalue weighted by Crippen LogP contribution is 2.20. The van der Waals surface area contributed by atoms with E-state index in [9.17, 15) is 9.90 Å². The number of aliphatic hydroxyl groups is 1. The van der Waals surface area contributed by atoms with Crippen LogP contribution in [-0.4, -0.2) is 31.4 Å². The van der Waals surface area contributed by atoms with Crippen molar-refractivity contribution in [2.75, 3.05) is 20.3 Å². The monoisotopic (exact) mass is 342 g/mol. The van der Waals surface area contributed by atoms with Gasteiger partial charge in [0.05, 0.1) is 7.11 Å². The number of nitrogens with one attached hydrogen (secondary N) is 2. The van der Waals surface area contributed by atoms with Crippen LogP contribution in [0, 0.1) is 6.92 Å². The van der Waals surface area contributed by atoms with E-state index < -0.39 is 0 Å². The molecule has 0 fully saturated rings. The molecule has 2 aromatic rings. The Kier molecular flexibility index (Phi) is 7.29. The SMILES string of the molecule is COc1cc(C)ccc1CNC(=O)NCC(CCO)c1ccccc1. The van der Waals surface area contributed by atoms with E-state index in [0.717, 1.165) is 22.4 Å². The van der Waals surface area contributed by atoms with Crippen LogP contribution in [0.25, 0.3) is 0 Å². The van der Waals surface area contributed by atoms with Crippen LogP contribution < -0.4 is 15.4 Å². The zero-order chi connectivity index (χ0) is 18.1. The molecular formula is C20H26N2O3. The van der Waals surface area contributed by atoms with E-state index in [2.05, 4.69) is 10.6 Å². The molecule has 0 aliphatic carbocycles. The number of ether oxygens (including phenoxy) is 1. The van der Waals surface area contributed by atoms with Gasteiger partial charge < -0.3 is 20.5 Å². The van der Waals surface area contributed by atoms with Gasteiger partial charge >= 0.3 is 6.03 Å². The number of aliphatic hydroxyl groups excluding tert-OH is 1. The minimum Gasteiger partial charge on any atom is -0.496 e. The maximum absolute atomic E-state index is 12.1.